The lowest BCUT2D eigenvalue weighted by Crippen LogP contribution is -2.11. The highest BCUT2D eigenvalue weighted by Crippen LogP contribution is 2.38. The normalized spacial score (nSPS) is 16.1. The topological polar surface area (TPSA) is 43.3 Å². The van der Waals surface area contributed by atoms with Crippen LogP contribution in [0.1, 0.15) is 17.0 Å². The van der Waals surface area contributed by atoms with Crippen LogP contribution in [-0.2, 0) is 0 Å². The first kappa shape index (κ1) is 13.3. The van der Waals surface area contributed by atoms with Crippen molar-refractivity contribution in [2.75, 3.05) is 0 Å². The summed E-state index contributed by atoms with van der Waals surface area (Å²) in [6.07, 6.45) is 5.36. The van der Waals surface area contributed by atoms with Gasteiger partial charge in [-0.15, -0.1) is 0 Å². The number of hydrogen-bond acceptors (Lipinski definition) is 2. The third-order valence-corrected chi connectivity index (χ3v) is 3.66. The highest BCUT2D eigenvalue weighted by atomic mass is 16.5. The van der Waals surface area contributed by atoms with Crippen molar-refractivity contribution in [2.24, 2.45) is 0 Å². The molecule has 0 unspecified atom stereocenters. The third-order valence-electron chi connectivity index (χ3n) is 3.66. The van der Waals surface area contributed by atoms with Crippen LogP contribution in [0.3, 0.4) is 0 Å². The van der Waals surface area contributed by atoms with E-state index < -0.39 is 5.95 Å². The first-order valence-corrected chi connectivity index (χ1v) is 6.86. The molecule has 0 spiro atoms. The van der Waals surface area contributed by atoms with Crippen LogP contribution in [-0.4, -0.2) is 5.11 Å². The van der Waals surface area contributed by atoms with E-state index in [1.54, 1.807) is 12.2 Å². The van der Waals surface area contributed by atoms with Crippen LogP contribution in [0.15, 0.2) is 96.0 Å². The average Bonchev–Trinajstić information content (AvgIpc) is 2.99. The molecular formula is C19H15O2-. The predicted octanol–water partition coefficient (Wildman–Crippen LogP) is 3.44. The predicted molar refractivity (Wildman–Crippen MR) is 81.6 cm³/mol. The number of rotatable bonds is 3. The highest BCUT2D eigenvalue weighted by molar-refractivity contribution is 5.57. The number of aliphatic hydroxyl groups excluding tert-OH is 1. The van der Waals surface area contributed by atoms with Crippen LogP contribution in [0, 0.1) is 0 Å². The molecule has 0 amide bonds. The Morgan fingerprint density at radius 3 is 1.86 bits per heavy atom. The zero-order valence-corrected chi connectivity index (χ0v) is 11.4. The maximum atomic E-state index is 11.4. The van der Waals surface area contributed by atoms with Crippen LogP contribution >= 0.6 is 0 Å². The summed E-state index contributed by atoms with van der Waals surface area (Å²) in [6, 6.07) is 20.0. The first-order chi connectivity index (χ1) is 10.3. The fourth-order valence-corrected chi connectivity index (χ4v) is 2.72. The van der Waals surface area contributed by atoms with Crippen molar-refractivity contribution >= 4 is 0 Å². The molecule has 2 nitrogen and oxygen atoms in total. The molecule has 21 heavy (non-hydrogen) atoms. The van der Waals surface area contributed by atoms with Crippen LogP contribution in [0.25, 0.3) is 0 Å². The monoisotopic (exact) mass is 275 g/mol. The fourth-order valence-electron chi connectivity index (χ4n) is 2.72. The quantitative estimate of drug-likeness (QED) is 0.872. The Labute approximate surface area is 124 Å². The number of aliphatic hydroxyl groups is 1. The highest BCUT2D eigenvalue weighted by Gasteiger charge is 2.22. The summed E-state index contributed by atoms with van der Waals surface area (Å²) in [6.45, 7) is 0. The molecule has 0 bridgehead atoms. The smallest absolute Gasteiger partial charge is 0.0560 e. The summed E-state index contributed by atoms with van der Waals surface area (Å²) in [5.41, 5.74) is 3.39. The van der Waals surface area contributed by atoms with Gasteiger partial charge < -0.3 is 10.2 Å². The lowest BCUT2D eigenvalue weighted by Gasteiger charge is -2.22. The number of benzene rings is 2. The third kappa shape index (κ3) is 2.61. The van der Waals surface area contributed by atoms with Gasteiger partial charge in [0, 0.05) is 11.5 Å². The van der Waals surface area contributed by atoms with Gasteiger partial charge in [0.05, 0.1) is 5.95 Å². The van der Waals surface area contributed by atoms with Gasteiger partial charge in [-0.25, -0.2) is 0 Å². The molecule has 0 aromatic heterocycles. The van der Waals surface area contributed by atoms with Crippen molar-refractivity contribution in [1.29, 1.82) is 0 Å². The van der Waals surface area contributed by atoms with Gasteiger partial charge in [0.2, 0.25) is 0 Å². The molecule has 1 aliphatic carbocycles. The standard InChI is InChI=1S/C19H16O2/c20-19(21)17-13-7-12-16(17)18(14-8-3-1-4-9-14)15-10-5-2-6-11-15/h1-13,18,20-21H/p-1. The molecule has 1 aliphatic rings. The van der Waals surface area contributed by atoms with Crippen molar-refractivity contribution in [3.63, 3.8) is 0 Å². The summed E-state index contributed by atoms with van der Waals surface area (Å²) in [5, 5.41) is 20.8. The van der Waals surface area contributed by atoms with Gasteiger partial charge in [-0.3, -0.25) is 0 Å². The summed E-state index contributed by atoms with van der Waals surface area (Å²) >= 11 is 0. The molecule has 2 aromatic carbocycles. The summed E-state index contributed by atoms with van der Waals surface area (Å²) < 4.78 is 0. The molecule has 0 atom stereocenters. The molecule has 0 saturated heterocycles. The van der Waals surface area contributed by atoms with E-state index in [0.29, 0.717) is 5.57 Å². The van der Waals surface area contributed by atoms with Crippen molar-refractivity contribution in [2.45, 2.75) is 5.92 Å². The minimum absolute atomic E-state index is 0.0616. The Morgan fingerprint density at radius 1 is 0.857 bits per heavy atom. The zero-order valence-electron chi connectivity index (χ0n) is 11.4. The van der Waals surface area contributed by atoms with Gasteiger partial charge in [-0.1, -0.05) is 78.9 Å². The second-order valence-electron chi connectivity index (χ2n) is 4.95. The van der Waals surface area contributed by atoms with Gasteiger partial charge in [0.15, 0.2) is 0 Å². The van der Waals surface area contributed by atoms with E-state index >= 15 is 0 Å². The van der Waals surface area contributed by atoms with Gasteiger partial charge >= 0.3 is 0 Å². The summed E-state index contributed by atoms with van der Waals surface area (Å²) in [7, 11) is 0. The van der Waals surface area contributed by atoms with Gasteiger partial charge in [0.1, 0.15) is 0 Å². The van der Waals surface area contributed by atoms with E-state index in [9.17, 15) is 10.2 Å². The molecule has 1 N–H and O–H groups in total. The van der Waals surface area contributed by atoms with Crippen molar-refractivity contribution in [3.05, 3.63) is 107 Å². The molecule has 104 valence electrons. The van der Waals surface area contributed by atoms with E-state index in [1.807, 2.05) is 66.7 Å². The van der Waals surface area contributed by atoms with E-state index in [4.69, 9.17) is 0 Å². The Kier molecular flexibility index (Phi) is 3.61. The fraction of sp³-hybridized carbons (Fsp3) is 0.0526. The van der Waals surface area contributed by atoms with Crippen LogP contribution < -0.4 is 5.11 Å². The van der Waals surface area contributed by atoms with Gasteiger partial charge in [-0.05, 0) is 16.7 Å². The lowest BCUT2D eigenvalue weighted by molar-refractivity contribution is -0.349. The second-order valence-corrected chi connectivity index (χ2v) is 4.95. The van der Waals surface area contributed by atoms with Crippen LogP contribution in [0.4, 0.5) is 0 Å². The summed E-state index contributed by atoms with van der Waals surface area (Å²) in [5.74, 6) is -0.944. The van der Waals surface area contributed by atoms with Gasteiger partial charge in [-0.2, -0.15) is 0 Å². The van der Waals surface area contributed by atoms with Gasteiger partial charge in [0.25, 0.3) is 0 Å². The van der Waals surface area contributed by atoms with Crippen LogP contribution in [0.5, 0.6) is 0 Å². The minimum atomic E-state index is -0.883. The van der Waals surface area contributed by atoms with Crippen molar-refractivity contribution in [1.82, 2.24) is 0 Å². The van der Waals surface area contributed by atoms with Crippen molar-refractivity contribution in [3.8, 4) is 0 Å². The molecule has 0 fully saturated rings. The molecule has 0 heterocycles. The van der Waals surface area contributed by atoms with Crippen LogP contribution in [0.2, 0.25) is 0 Å². The van der Waals surface area contributed by atoms with E-state index in [1.165, 1.54) is 0 Å². The molecular weight excluding hydrogens is 260 g/mol. The Bertz CT molecular complexity index is 666. The summed E-state index contributed by atoms with van der Waals surface area (Å²) in [4.78, 5) is 0. The second kappa shape index (κ2) is 5.71. The number of allylic oxidation sites excluding steroid dienone is 5. The molecule has 0 saturated carbocycles. The molecule has 2 aromatic rings. The average molecular weight is 275 g/mol. The van der Waals surface area contributed by atoms with Crippen molar-refractivity contribution < 1.29 is 10.2 Å². The molecule has 2 heteroatoms. The maximum absolute atomic E-state index is 11.4. The molecule has 3 rings (SSSR count). The minimum Gasteiger partial charge on any atom is -0.629 e. The molecule has 0 radical (unpaired) electrons. The maximum Gasteiger partial charge on any atom is 0.0560 e. The van der Waals surface area contributed by atoms with E-state index in [2.05, 4.69) is 0 Å². The van der Waals surface area contributed by atoms with E-state index in [-0.39, 0.29) is 5.92 Å². The lowest BCUT2D eigenvalue weighted by atomic mass is 9.83. The van der Waals surface area contributed by atoms with E-state index in [0.717, 1.165) is 16.7 Å². The SMILES string of the molecule is [O-]/C(O)=C1/C=CC=C1C(c1ccccc1)c1ccccc1. The first-order valence-electron chi connectivity index (χ1n) is 6.86. The number of hydrogen-bond donors (Lipinski definition) is 1. The zero-order chi connectivity index (χ0) is 14.7. The largest absolute Gasteiger partial charge is 0.629 e. The molecule has 0 aliphatic heterocycles. The Morgan fingerprint density at radius 2 is 1.38 bits per heavy atom. The Hall–Kier alpha value is -2.74. The Balaban J connectivity index is 2.13.